The number of imidazole rings is 1. The SMILES string of the molecule is CCOc1cc(-c2nc(SC)[nH]c(=O)c2C#N)ccc1OCCn1ccnc1. The summed E-state index contributed by atoms with van der Waals surface area (Å²) in [4.78, 5) is 23.1. The fourth-order valence-corrected chi connectivity index (χ4v) is 2.96. The molecule has 3 rings (SSSR count). The number of H-pyrrole nitrogens is 1. The summed E-state index contributed by atoms with van der Waals surface area (Å²) in [6, 6.07) is 7.20. The van der Waals surface area contributed by atoms with E-state index in [4.69, 9.17) is 9.47 Å². The van der Waals surface area contributed by atoms with E-state index in [0.717, 1.165) is 0 Å². The minimum Gasteiger partial charge on any atom is -0.490 e. The number of aromatic amines is 1. The topological polar surface area (TPSA) is 106 Å². The summed E-state index contributed by atoms with van der Waals surface area (Å²) < 4.78 is 13.5. The highest BCUT2D eigenvalue weighted by atomic mass is 32.2. The van der Waals surface area contributed by atoms with Gasteiger partial charge in [0.25, 0.3) is 5.56 Å². The quantitative estimate of drug-likeness (QED) is 0.460. The van der Waals surface area contributed by atoms with E-state index in [2.05, 4.69) is 15.0 Å². The Hall–Kier alpha value is -3.25. The highest BCUT2D eigenvalue weighted by molar-refractivity contribution is 7.98. The van der Waals surface area contributed by atoms with Gasteiger partial charge >= 0.3 is 0 Å². The molecule has 0 saturated carbocycles. The number of nitrogens with one attached hydrogen (secondary N) is 1. The summed E-state index contributed by atoms with van der Waals surface area (Å²) >= 11 is 1.30. The molecule has 2 aromatic heterocycles. The predicted molar refractivity (Wildman–Crippen MR) is 106 cm³/mol. The first-order chi connectivity index (χ1) is 13.7. The van der Waals surface area contributed by atoms with Gasteiger partial charge in [-0.05, 0) is 31.4 Å². The van der Waals surface area contributed by atoms with Gasteiger partial charge in [-0.25, -0.2) is 9.97 Å². The maximum atomic E-state index is 12.2. The van der Waals surface area contributed by atoms with E-state index in [1.54, 1.807) is 37.0 Å². The van der Waals surface area contributed by atoms with E-state index in [1.807, 2.05) is 23.8 Å². The van der Waals surface area contributed by atoms with Crippen LogP contribution in [0.4, 0.5) is 0 Å². The van der Waals surface area contributed by atoms with Crippen molar-refractivity contribution < 1.29 is 9.47 Å². The first kappa shape index (κ1) is 19.5. The molecular weight excluding hydrogens is 378 g/mol. The average Bonchev–Trinajstić information content (AvgIpc) is 3.22. The monoisotopic (exact) mass is 397 g/mol. The minimum absolute atomic E-state index is 0.0333. The summed E-state index contributed by atoms with van der Waals surface area (Å²) in [5.41, 5.74) is 0.439. The molecule has 8 nitrogen and oxygen atoms in total. The van der Waals surface area contributed by atoms with Gasteiger partial charge in [-0.2, -0.15) is 5.26 Å². The second-order valence-electron chi connectivity index (χ2n) is 5.65. The lowest BCUT2D eigenvalue weighted by atomic mass is 10.1. The molecule has 0 radical (unpaired) electrons. The summed E-state index contributed by atoms with van der Waals surface area (Å²) in [6.45, 7) is 3.42. The number of thioether (sulfide) groups is 1. The molecule has 1 N–H and O–H groups in total. The number of aromatic nitrogens is 4. The Kier molecular flexibility index (Phi) is 6.34. The molecule has 0 amide bonds. The van der Waals surface area contributed by atoms with Gasteiger partial charge in [0.15, 0.2) is 16.7 Å². The van der Waals surface area contributed by atoms with Crippen LogP contribution in [0, 0.1) is 11.3 Å². The van der Waals surface area contributed by atoms with Gasteiger partial charge in [0.1, 0.15) is 18.2 Å². The fraction of sp³-hybridized carbons (Fsp3) is 0.263. The lowest BCUT2D eigenvalue weighted by Crippen LogP contribution is -2.14. The third-order valence-corrected chi connectivity index (χ3v) is 4.47. The van der Waals surface area contributed by atoms with Crippen molar-refractivity contribution in [2.24, 2.45) is 0 Å². The van der Waals surface area contributed by atoms with Crippen LogP contribution in [0.15, 0.2) is 46.9 Å². The molecule has 0 saturated heterocycles. The first-order valence-electron chi connectivity index (χ1n) is 8.60. The third-order valence-electron chi connectivity index (χ3n) is 3.89. The molecule has 0 unspecified atom stereocenters. The molecule has 2 heterocycles. The maximum Gasteiger partial charge on any atom is 0.270 e. The molecule has 144 valence electrons. The molecule has 0 spiro atoms. The van der Waals surface area contributed by atoms with Crippen molar-refractivity contribution in [2.45, 2.75) is 18.6 Å². The van der Waals surface area contributed by atoms with Crippen LogP contribution < -0.4 is 15.0 Å². The normalized spacial score (nSPS) is 10.5. The Morgan fingerprint density at radius 1 is 1.32 bits per heavy atom. The van der Waals surface area contributed by atoms with Gasteiger partial charge in [-0.15, -0.1) is 0 Å². The van der Waals surface area contributed by atoms with Crippen LogP contribution in [0.2, 0.25) is 0 Å². The van der Waals surface area contributed by atoms with E-state index in [1.165, 1.54) is 11.8 Å². The predicted octanol–water partition coefficient (Wildman–Crippen LogP) is 2.70. The fourth-order valence-electron chi connectivity index (χ4n) is 2.58. The molecule has 0 fully saturated rings. The molecule has 0 aliphatic heterocycles. The van der Waals surface area contributed by atoms with Crippen molar-refractivity contribution >= 4 is 11.8 Å². The van der Waals surface area contributed by atoms with Crippen molar-refractivity contribution in [1.82, 2.24) is 19.5 Å². The zero-order valence-corrected chi connectivity index (χ0v) is 16.3. The summed E-state index contributed by atoms with van der Waals surface area (Å²) in [6.07, 6.45) is 7.10. The Balaban J connectivity index is 1.91. The number of nitrogens with zero attached hydrogens (tertiary/aromatic N) is 4. The number of hydrogen-bond acceptors (Lipinski definition) is 7. The highest BCUT2D eigenvalue weighted by Gasteiger charge is 2.16. The molecule has 0 aliphatic rings. The van der Waals surface area contributed by atoms with Crippen LogP contribution in [0.3, 0.4) is 0 Å². The van der Waals surface area contributed by atoms with E-state index < -0.39 is 5.56 Å². The average molecular weight is 397 g/mol. The van der Waals surface area contributed by atoms with E-state index >= 15 is 0 Å². The van der Waals surface area contributed by atoms with Crippen molar-refractivity contribution in [3.63, 3.8) is 0 Å². The zero-order valence-electron chi connectivity index (χ0n) is 15.5. The molecule has 3 aromatic rings. The minimum atomic E-state index is -0.463. The molecule has 0 aliphatic carbocycles. The second-order valence-corrected chi connectivity index (χ2v) is 6.45. The van der Waals surface area contributed by atoms with Crippen LogP contribution in [0.25, 0.3) is 11.3 Å². The molecular formula is C19H19N5O3S. The van der Waals surface area contributed by atoms with Crippen LogP contribution in [0.5, 0.6) is 11.5 Å². The third kappa shape index (κ3) is 4.35. The lowest BCUT2D eigenvalue weighted by molar-refractivity contribution is 0.266. The van der Waals surface area contributed by atoms with E-state index in [0.29, 0.717) is 47.7 Å². The maximum absolute atomic E-state index is 12.2. The van der Waals surface area contributed by atoms with Gasteiger partial charge in [-0.1, -0.05) is 11.8 Å². The van der Waals surface area contributed by atoms with Crippen molar-refractivity contribution in [3.8, 4) is 28.8 Å². The van der Waals surface area contributed by atoms with Crippen LogP contribution in [-0.4, -0.2) is 39.0 Å². The number of hydrogen-bond donors (Lipinski definition) is 1. The molecule has 0 bridgehead atoms. The summed E-state index contributed by atoms with van der Waals surface area (Å²) in [5, 5.41) is 9.82. The van der Waals surface area contributed by atoms with Gasteiger partial charge in [0, 0.05) is 18.0 Å². The van der Waals surface area contributed by atoms with Crippen LogP contribution in [0.1, 0.15) is 12.5 Å². The lowest BCUT2D eigenvalue weighted by Gasteiger charge is -2.14. The van der Waals surface area contributed by atoms with E-state index in [9.17, 15) is 10.1 Å². The largest absolute Gasteiger partial charge is 0.490 e. The van der Waals surface area contributed by atoms with Crippen LogP contribution >= 0.6 is 11.8 Å². The Morgan fingerprint density at radius 3 is 2.86 bits per heavy atom. The number of benzene rings is 1. The van der Waals surface area contributed by atoms with Crippen molar-refractivity contribution in [1.29, 1.82) is 5.26 Å². The zero-order chi connectivity index (χ0) is 19.9. The molecule has 9 heteroatoms. The highest BCUT2D eigenvalue weighted by Crippen LogP contribution is 2.33. The number of ether oxygens (including phenoxy) is 2. The molecule has 1 aromatic carbocycles. The summed E-state index contributed by atoms with van der Waals surface area (Å²) in [5.74, 6) is 1.11. The smallest absolute Gasteiger partial charge is 0.270 e. The van der Waals surface area contributed by atoms with Crippen LogP contribution in [-0.2, 0) is 6.54 Å². The second kappa shape index (κ2) is 9.10. The van der Waals surface area contributed by atoms with Gasteiger partial charge in [0.2, 0.25) is 0 Å². The van der Waals surface area contributed by atoms with Crippen molar-refractivity contribution in [3.05, 3.63) is 52.8 Å². The molecule has 0 atom stereocenters. The van der Waals surface area contributed by atoms with Gasteiger partial charge in [-0.3, -0.25) is 4.79 Å². The first-order valence-corrected chi connectivity index (χ1v) is 9.83. The standard InChI is InChI=1S/C19H19N5O3S/c1-3-26-16-10-13(17-14(11-20)18(25)23-19(22-17)28-2)4-5-15(16)27-9-8-24-7-6-21-12-24/h4-7,10,12H,3,8-9H2,1-2H3,(H,22,23,25). The Labute approximate surface area is 166 Å². The van der Waals surface area contributed by atoms with E-state index in [-0.39, 0.29) is 5.56 Å². The Morgan fingerprint density at radius 2 is 2.18 bits per heavy atom. The van der Waals surface area contributed by atoms with Gasteiger partial charge in [0.05, 0.1) is 25.2 Å². The van der Waals surface area contributed by atoms with Crippen molar-refractivity contribution in [2.75, 3.05) is 19.5 Å². The number of nitriles is 1. The molecule has 28 heavy (non-hydrogen) atoms. The Bertz CT molecular complexity index is 1040. The number of rotatable bonds is 8. The van der Waals surface area contributed by atoms with Gasteiger partial charge < -0.3 is 19.0 Å². The summed E-state index contributed by atoms with van der Waals surface area (Å²) in [7, 11) is 0.